The summed E-state index contributed by atoms with van der Waals surface area (Å²) in [5.41, 5.74) is 0.401. The molecule has 0 aromatic heterocycles. The number of piperazine rings is 1. The third kappa shape index (κ3) is 5.06. The molecule has 0 bridgehead atoms. The van der Waals surface area contributed by atoms with Gasteiger partial charge in [0, 0.05) is 24.3 Å². The molecule has 1 fully saturated rings. The molecule has 154 valence electrons. The van der Waals surface area contributed by atoms with Gasteiger partial charge < -0.3 is 15.4 Å². The van der Waals surface area contributed by atoms with Crippen molar-refractivity contribution in [1.29, 1.82) is 0 Å². The first-order valence-corrected chi connectivity index (χ1v) is 9.93. The monoisotopic (exact) mass is 425 g/mol. The zero-order valence-electron chi connectivity index (χ0n) is 15.0. The van der Waals surface area contributed by atoms with Gasteiger partial charge in [0.05, 0.1) is 11.4 Å². The van der Waals surface area contributed by atoms with E-state index in [0.29, 0.717) is 5.69 Å². The molecule has 1 aliphatic heterocycles. The molecule has 29 heavy (non-hydrogen) atoms. The first-order valence-electron chi connectivity index (χ1n) is 8.49. The molecule has 1 saturated heterocycles. The van der Waals surface area contributed by atoms with Gasteiger partial charge in [0.2, 0.25) is 15.9 Å². The van der Waals surface area contributed by atoms with Crippen LogP contribution in [-0.4, -0.2) is 50.8 Å². The molecule has 2 amide bonds. The summed E-state index contributed by atoms with van der Waals surface area (Å²) in [6.07, 6.45) is 0. The second-order valence-corrected chi connectivity index (χ2v) is 8.01. The molecule has 2 aromatic carbocycles. The topological polar surface area (TPSA) is 105 Å². The van der Waals surface area contributed by atoms with Gasteiger partial charge in [0.1, 0.15) is 5.75 Å². The van der Waals surface area contributed by atoms with Gasteiger partial charge >= 0.3 is 6.61 Å². The highest BCUT2D eigenvalue weighted by atomic mass is 32.2. The number of sulfonamides is 1. The molecule has 11 heteroatoms. The average molecular weight is 425 g/mol. The molecule has 3 rings (SSSR count). The molecule has 0 atom stereocenters. The molecule has 0 unspecified atom stereocenters. The van der Waals surface area contributed by atoms with E-state index in [1.54, 1.807) is 0 Å². The maximum atomic E-state index is 12.7. The van der Waals surface area contributed by atoms with Crippen LogP contribution in [0.25, 0.3) is 0 Å². The number of anilines is 1. The predicted molar refractivity (Wildman–Crippen MR) is 99.2 cm³/mol. The Morgan fingerprint density at radius 1 is 1.17 bits per heavy atom. The Labute approximate surface area is 165 Å². The van der Waals surface area contributed by atoms with Crippen molar-refractivity contribution in [3.63, 3.8) is 0 Å². The van der Waals surface area contributed by atoms with Gasteiger partial charge in [-0.1, -0.05) is 6.07 Å². The SMILES string of the molecule is O=C1CN(S(=O)(=O)c2cccc(C(=O)Nc3ccc(OC(F)F)cc3)c2)CCN1. The van der Waals surface area contributed by atoms with Crippen LogP contribution in [0.4, 0.5) is 14.5 Å². The van der Waals surface area contributed by atoms with E-state index in [1.165, 1.54) is 48.5 Å². The van der Waals surface area contributed by atoms with Gasteiger partial charge in [-0.3, -0.25) is 9.59 Å². The smallest absolute Gasteiger partial charge is 0.387 e. The minimum absolute atomic E-state index is 0.0586. The highest BCUT2D eigenvalue weighted by Crippen LogP contribution is 2.20. The number of amides is 2. The number of nitrogens with zero attached hydrogens (tertiary/aromatic N) is 1. The number of nitrogens with one attached hydrogen (secondary N) is 2. The number of carbonyl (C=O) groups excluding carboxylic acids is 2. The number of alkyl halides is 2. The lowest BCUT2D eigenvalue weighted by Crippen LogP contribution is -2.49. The van der Waals surface area contributed by atoms with Crippen molar-refractivity contribution in [2.75, 3.05) is 25.0 Å². The largest absolute Gasteiger partial charge is 0.435 e. The van der Waals surface area contributed by atoms with Gasteiger partial charge in [-0.05, 0) is 42.5 Å². The van der Waals surface area contributed by atoms with E-state index in [0.717, 1.165) is 4.31 Å². The van der Waals surface area contributed by atoms with Crippen LogP contribution in [0.2, 0.25) is 0 Å². The summed E-state index contributed by atoms with van der Waals surface area (Å²) in [6.45, 7) is -2.89. The van der Waals surface area contributed by atoms with Crippen molar-refractivity contribution in [2.45, 2.75) is 11.5 Å². The van der Waals surface area contributed by atoms with E-state index in [1.807, 2.05) is 0 Å². The average Bonchev–Trinajstić information content (AvgIpc) is 2.69. The summed E-state index contributed by atoms with van der Waals surface area (Å²) < 4.78 is 55.1. The van der Waals surface area contributed by atoms with Gasteiger partial charge in [0.25, 0.3) is 5.91 Å². The fourth-order valence-electron chi connectivity index (χ4n) is 2.69. The van der Waals surface area contributed by atoms with Gasteiger partial charge in [-0.15, -0.1) is 0 Å². The lowest BCUT2D eigenvalue weighted by atomic mass is 10.2. The maximum Gasteiger partial charge on any atom is 0.387 e. The third-order valence-electron chi connectivity index (χ3n) is 4.07. The number of ether oxygens (including phenoxy) is 1. The maximum absolute atomic E-state index is 12.7. The highest BCUT2D eigenvalue weighted by Gasteiger charge is 2.29. The van der Waals surface area contributed by atoms with Crippen LogP contribution < -0.4 is 15.4 Å². The van der Waals surface area contributed by atoms with Crippen molar-refractivity contribution < 1.29 is 31.5 Å². The van der Waals surface area contributed by atoms with Crippen LogP contribution in [0.5, 0.6) is 5.75 Å². The predicted octanol–water partition coefficient (Wildman–Crippen LogP) is 1.66. The Hall–Kier alpha value is -3.05. The van der Waals surface area contributed by atoms with E-state index in [-0.39, 0.29) is 35.8 Å². The quantitative estimate of drug-likeness (QED) is 0.733. The van der Waals surface area contributed by atoms with E-state index < -0.39 is 28.4 Å². The van der Waals surface area contributed by atoms with Crippen molar-refractivity contribution in [1.82, 2.24) is 9.62 Å². The second kappa shape index (κ2) is 8.53. The molecule has 2 aromatic rings. The number of hydrogen-bond donors (Lipinski definition) is 2. The number of benzene rings is 2. The Morgan fingerprint density at radius 3 is 2.55 bits per heavy atom. The van der Waals surface area contributed by atoms with Crippen LogP contribution in [0.15, 0.2) is 53.4 Å². The molecular weight excluding hydrogens is 408 g/mol. The molecule has 8 nitrogen and oxygen atoms in total. The third-order valence-corrected chi connectivity index (χ3v) is 5.92. The molecule has 0 aliphatic carbocycles. The summed E-state index contributed by atoms with van der Waals surface area (Å²) in [7, 11) is -3.94. The number of carbonyl (C=O) groups is 2. The first-order chi connectivity index (χ1) is 13.8. The Bertz CT molecular complexity index is 1010. The first kappa shape index (κ1) is 20.7. The fourth-order valence-corrected chi connectivity index (χ4v) is 4.13. The lowest BCUT2D eigenvalue weighted by molar-refractivity contribution is -0.122. The lowest BCUT2D eigenvalue weighted by Gasteiger charge is -2.26. The van der Waals surface area contributed by atoms with Crippen molar-refractivity contribution in [3.05, 3.63) is 54.1 Å². The zero-order valence-corrected chi connectivity index (χ0v) is 15.8. The normalized spacial score (nSPS) is 15.1. The molecule has 0 radical (unpaired) electrons. The summed E-state index contributed by atoms with van der Waals surface area (Å²) >= 11 is 0. The summed E-state index contributed by atoms with van der Waals surface area (Å²) in [4.78, 5) is 23.8. The van der Waals surface area contributed by atoms with Crippen molar-refractivity contribution in [2.24, 2.45) is 0 Å². The molecule has 2 N–H and O–H groups in total. The Morgan fingerprint density at radius 2 is 1.90 bits per heavy atom. The fraction of sp³-hybridized carbons (Fsp3) is 0.222. The molecule has 0 spiro atoms. The van der Waals surface area contributed by atoms with E-state index in [9.17, 15) is 26.8 Å². The van der Waals surface area contributed by atoms with E-state index in [2.05, 4.69) is 15.4 Å². The number of hydrogen-bond acceptors (Lipinski definition) is 5. The molecule has 1 aliphatic rings. The molecular formula is C18H17F2N3O5S. The second-order valence-electron chi connectivity index (χ2n) is 6.07. The molecule has 0 saturated carbocycles. The minimum atomic E-state index is -3.94. The van der Waals surface area contributed by atoms with Gasteiger partial charge in [-0.2, -0.15) is 13.1 Å². The minimum Gasteiger partial charge on any atom is -0.435 e. The molecule has 1 heterocycles. The summed E-state index contributed by atoms with van der Waals surface area (Å²) in [5.74, 6) is -1.04. The van der Waals surface area contributed by atoms with E-state index >= 15 is 0 Å². The summed E-state index contributed by atoms with van der Waals surface area (Å²) in [6, 6.07) is 10.7. The zero-order chi connectivity index (χ0) is 21.0. The summed E-state index contributed by atoms with van der Waals surface area (Å²) in [5, 5.41) is 5.10. The number of rotatable bonds is 6. The van der Waals surface area contributed by atoms with Crippen LogP contribution >= 0.6 is 0 Å². The Balaban J connectivity index is 1.74. The van der Waals surface area contributed by atoms with Crippen molar-refractivity contribution >= 4 is 27.5 Å². The number of halogens is 2. The van der Waals surface area contributed by atoms with Crippen LogP contribution in [0.3, 0.4) is 0 Å². The van der Waals surface area contributed by atoms with Crippen molar-refractivity contribution in [3.8, 4) is 5.75 Å². The van der Waals surface area contributed by atoms with Crippen LogP contribution in [0.1, 0.15) is 10.4 Å². The van der Waals surface area contributed by atoms with E-state index in [4.69, 9.17) is 0 Å². The Kier molecular flexibility index (Phi) is 6.09. The van der Waals surface area contributed by atoms with Crippen LogP contribution in [-0.2, 0) is 14.8 Å². The van der Waals surface area contributed by atoms with Gasteiger partial charge in [-0.25, -0.2) is 8.42 Å². The standard InChI is InChI=1S/C18H17F2N3O5S/c19-18(20)28-14-6-4-13(5-7-14)22-17(25)12-2-1-3-15(10-12)29(26,27)23-9-8-21-16(24)11-23/h1-7,10,18H,8-9,11H2,(H,21,24)(H,22,25). The van der Waals surface area contributed by atoms with Gasteiger partial charge in [0.15, 0.2) is 0 Å². The van der Waals surface area contributed by atoms with Crippen LogP contribution in [0, 0.1) is 0 Å². The highest BCUT2D eigenvalue weighted by molar-refractivity contribution is 7.89.